The number of hydrogen-bond acceptors (Lipinski definition) is 6. The molecule has 0 spiro atoms. The van der Waals surface area contributed by atoms with Crippen LogP contribution in [-0.2, 0) is 17.9 Å². The van der Waals surface area contributed by atoms with E-state index in [-0.39, 0.29) is 23.7 Å². The summed E-state index contributed by atoms with van der Waals surface area (Å²) in [5.74, 6) is -1.64. The number of rotatable bonds is 11. The van der Waals surface area contributed by atoms with Gasteiger partial charge in [-0.2, -0.15) is 0 Å². The zero-order valence-electron chi connectivity index (χ0n) is 26.8. The molecular weight excluding hydrogens is 630 g/mol. The number of carbonyl (C=O) groups excluding carboxylic acids is 1. The lowest BCUT2D eigenvalue weighted by molar-refractivity contribution is 0.102. The summed E-state index contributed by atoms with van der Waals surface area (Å²) < 4.78 is 42.7. The van der Waals surface area contributed by atoms with Gasteiger partial charge < -0.3 is 14.8 Å². The van der Waals surface area contributed by atoms with E-state index in [2.05, 4.69) is 10.3 Å². The Hall–Kier alpha value is -5.94. The third-order valence-corrected chi connectivity index (χ3v) is 8.02. The van der Waals surface area contributed by atoms with Crippen molar-refractivity contribution >= 4 is 22.5 Å². The molecule has 0 aliphatic carbocycles. The van der Waals surface area contributed by atoms with Crippen LogP contribution in [0.4, 0.5) is 14.5 Å². The van der Waals surface area contributed by atoms with Crippen molar-refractivity contribution < 1.29 is 23.0 Å². The molecule has 49 heavy (non-hydrogen) atoms. The van der Waals surface area contributed by atoms with E-state index < -0.39 is 34.4 Å². The lowest BCUT2D eigenvalue weighted by Gasteiger charge is -2.14. The highest BCUT2D eigenvalue weighted by molar-refractivity contribution is 6.04. The molecule has 0 aliphatic rings. The van der Waals surface area contributed by atoms with Crippen molar-refractivity contribution in [1.82, 2.24) is 14.1 Å². The molecule has 0 saturated heterocycles. The first-order valence-corrected chi connectivity index (χ1v) is 15.6. The van der Waals surface area contributed by atoms with E-state index in [1.807, 2.05) is 56.3 Å². The van der Waals surface area contributed by atoms with Crippen LogP contribution in [0.1, 0.15) is 33.5 Å². The van der Waals surface area contributed by atoms with Crippen LogP contribution < -0.4 is 21.3 Å². The lowest BCUT2D eigenvalue weighted by Crippen LogP contribution is -2.42. The monoisotopic (exact) mass is 662 g/mol. The van der Waals surface area contributed by atoms with Crippen LogP contribution in [0.25, 0.3) is 16.6 Å². The SMILES string of the molecule is Cc1cc2nccc(Oc3ccc(NC(=O)c4cn(CCCOCc5ccccc5)c(=O)n(-c5ccc(F)cc5)c4=O)c(F)c3)c2cc1C. The third kappa shape index (κ3) is 7.47. The molecule has 0 fully saturated rings. The first-order chi connectivity index (χ1) is 23.7. The van der Waals surface area contributed by atoms with E-state index in [1.54, 1.807) is 12.3 Å². The molecule has 0 radical (unpaired) electrons. The fraction of sp³-hybridized carbons (Fsp3) is 0.158. The second-order valence-corrected chi connectivity index (χ2v) is 11.5. The Bertz CT molecular complexity index is 2270. The Kier molecular flexibility index (Phi) is 9.72. The van der Waals surface area contributed by atoms with Crippen LogP contribution in [0.2, 0.25) is 0 Å². The molecule has 0 bridgehead atoms. The zero-order chi connectivity index (χ0) is 34.5. The summed E-state index contributed by atoms with van der Waals surface area (Å²) in [7, 11) is 0. The van der Waals surface area contributed by atoms with Crippen LogP contribution >= 0.6 is 0 Å². The molecule has 0 unspecified atom stereocenters. The first-order valence-electron chi connectivity index (χ1n) is 15.6. The number of benzene rings is 4. The number of halogens is 2. The van der Waals surface area contributed by atoms with Gasteiger partial charge in [0.15, 0.2) is 0 Å². The van der Waals surface area contributed by atoms with Crippen molar-refractivity contribution in [2.45, 2.75) is 33.4 Å². The van der Waals surface area contributed by atoms with Gasteiger partial charge in [0.1, 0.15) is 28.7 Å². The van der Waals surface area contributed by atoms with Gasteiger partial charge in [-0.15, -0.1) is 0 Å². The number of amides is 1. The Morgan fingerprint density at radius 1 is 0.898 bits per heavy atom. The predicted octanol–water partition coefficient (Wildman–Crippen LogP) is 7.09. The van der Waals surface area contributed by atoms with Crippen LogP contribution in [0.15, 0.2) is 113 Å². The summed E-state index contributed by atoms with van der Waals surface area (Å²) in [6.07, 6.45) is 3.13. The number of fused-ring (bicyclic) bond motifs is 1. The topological polar surface area (TPSA) is 104 Å². The van der Waals surface area contributed by atoms with Gasteiger partial charge >= 0.3 is 5.69 Å². The normalized spacial score (nSPS) is 11.1. The summed E-state index contributed by atoms with van der Waals surface area (Å²) in [5, 5.41) is 3.20. The van der Waals surface area contributed by atoms with E-state index >= 15 is 4.39 Å². The summed E-state index contributed by atoms with van der Waals surface area (Å²) >= 11 is 0. The zero-order valence-corrected chi connectivity index (χ0v) is 26.8. The van der Waals surface area contributed by atoms with Gasteiger partial charge in [0.2, 0.25) is 0 Å². The number of anilines is 1. The Balaban J connectivity index is 1.23. The number of pyridine rings is 1. The average Bonchev–Trinajstić information content (AvgIpc) is 3.09. The number of carbonyl (C=O) groups is 1. The lowest BCUT2D eigenvalue weighted by atomic mass is 10.1. The fourth-order valence-corrected chi connectivity index (χ4v) is 5.28. The van der Waals surface area contributed by atoms with Gasteiger partial charge in [0, 0.05) is 37.0 Å². The molecular formula is C38H32F2N4O5. The first kappa shape index (κ1) is 33.0. The van der Waals surface area contributed by atoms with Crippen LogP contribution in [0.3, 0.4) is 0 Å². The summed E-state index contributed by atoms with van der Waals surface area (Å²) in [6, 6.07) is 23.8. The Morgan fingerprint density at radius 3 is 2.41 bits per heavy atom. The van der Waals surface area contributed by atoms with Crippen LogP contribution in [-0.4, -0.2) is 26.6 Å². The summed E-state index contributed by atoms with van der Waals surface area (Å²) in [5.41, 5.74) is 1.64. The van der Waals surface area contributed by atoms with E-state index in [0.717, 1.165) is 56.6 Å². The maximum absolute atomic E-state index is 15.4. The molecule has 0 saturated carbocycles. The molecule has 11 heteroatoms. The fourth-order valence-electron chi connectivity index (χ4n) is 5.28. The van der Waals surface area contributed by atoms with Crippen LogP contribution in [0, 0.1) is 25.5 Å². The molecule has 2 aromatic heterocycles. The highest BCUT2D eigenvalue weighted by atomic mass is 19.1. The Labute approximate surface area is 280 Å². The maximum Gasteiger partial charge on any atom is 0.335 e. The summed E-state index contributed by atoms with van der Waals surface area (Å²) in [6.45, 7) is 4.75. The maximum atomic E-state index is 15.4. The minimum atomic E-state index is -0.943. The van der Waals surface area contributed by atoms with E-state index in [4.69, 9.17) is 9.47 Å². The highest BCUT2D eigenvalue weighted by Gasteiger charge is 2.20. The molecule has 1 N–H and O–H groups in total. The molecule has 4 aromatic carbocycles. The predicted molar refractivity (Wildman–Crippen MR) is 183 cm³/mol. The smallest absolute Gasteiger partial charge is 0.335 e. The van der Waals surface area contributed by atoms with Crippen molar-refractivity contribution in [3.05, 3.63) is 158 Å². The van der Waals surface area contributed by atoms with Gasteiger partial charge in [-0.25, -0.2) is 18.1 Å². The van der Waals surface area contributed by atoms with E-state index in [0.29, 0.717) is 25.4 Å². The second-order valence-electron chi connectivity index (χ2n) is 11.5. The van der Waals surface area contributed by atoms with Crippen molar-refractivity contribution in [1.29, 1.82) is 0 Å². The molecule has 6 rings (SSSR count). The van der Waals surface area contributed by atoms with Crippen molar-refractivity contribution in [3.8, 4) is 17.2 Å². The number of nitrogens with one attached hydrogen (secondary N) is 1. The van der Waals surface area contributed by atoms with Gasteiger partial charge in [0.25, 0.3) is 11.5 Å². The minimum Gasteiger partial charge on any atom is -0.456 e. The quantitative estimate of drug-likeness (QED) is 0.149. The largest absolute Gasteiger partial charge is 0.456 e. The molecule has 6 aromatic rings. The van der Waals surface area contributed by atoms with Gasteiger partial charge in [-0.1, -0.05) is 30.3 Å². The van der Waals surface area contributed by atoms with Crippen molar-refractivity contribution in [3.63, 3.8) is 0 Å². The molecule has 0 aliphatic heterocycles. The van der Waals surface area contributed by atoms with Crippen LogP contribution in [0.5, 0.6) is 11.5 Å². The number of hydrogen-bond donors (Lipinski definition) is 1. The van der Waals surface area contributed by atoms with Crippen molar-refractivity contribution in [2.75, 3.05) is 11.9 Å². The number of aryl methyl sites for hydroxylation is 3. The number of nitrogens with zero attached hydrogens (tertiary/aromatic N) is 3. The second kappa shape index (κ2) is 14.4. The summed E-state index contributed by atoms with van der Waals surface area (Å²) in [4.78, 5) is 44.8. The Morgan fingerprint density at radius 2 is 1.65 bits per heavy atom. The minimum absolute atomic E-state index is 0.0711. The molecule has 0 atom stereocenters. The average molecular weight is 663 g/mol. The van der Waals surface area contributed by atoms with E-state index in [1.165, 1.54) is 28.8 Å². The molecule has 1 amide bonds. The van der Waals surface area contributed by atoms with Gasteiger partial charge in [-0.05, 0) is 91.6 Å². The number of aromatic nitrogens is 3. The third-order valence-electron chi connectivity index (χ3n) is 8.02. The molecule has 248 valence electrons. The molecule has 2 heterocycles. The number of ether oxygens (including phenoxy) is 2. The van der Waals surface area contributed by atoms with Gasteiger partial charge in [0.05, 0.1) is 23.5 Å². The van der Waals surface area contributed by atoms with Gasteiger partial charge in [-0.3, -0.25) is 19.1 Å². The van der Waals surface area contributed by atoms with E-state index in [9.17, 15) is 18.8 Å². The highest BCUT2D eigenvalue weighted by Crippen LogP contribution is 2.32. The van der Waals surface area contributed by atoms with Crippen molar-refractivity contribution in [2.24, 2.45) is 0 Å². The standard InChI is InChI=1S/C38H32F2N4O5/c1-24-19-30-34(20-25(24)2)41-16-15-35(30)49-29-13-14-33(32(40)21-29)42-36(45)31-22-43(17-6-18-48-23-26-7-4-3-5-8-26)38(47)44(37(31)46)28-11-9-27(39)10-12-28/h3-5,7-16,19-22H,6,17-18,23H2,1-2H3,(H,42,45). The molecule has 9 nitrogen and oxygen atoms in total.